The summed E-state index contributed by atoms with van der Waals surface area (Å²) in [5, 5.41) is 4.21. The molecule has 0 bridgehead atoms. The molecule has 3 aromatic rings. The molecule has 5 heteroatoms. The molecule has 0 radical (unpaired) electrons. The van der Waals surface area contributed by atoms with Gasteiger partial charge in [0.25, 0.3) is 0 Å². The van der Waals surface area contributed by atoms with Crippen LogP contribution in [0.1, 0.15) is 55.4 Å². The molecule has 1 fully saturated rings. The summed E-state index contributed by atoms with van der Waals surface area (Å²) in [4.78, 5) is 12.6. The summed E-state index contributed by atoms with van der Waals surface area (Å²) in [6, 6.07) is 24.4. The minimum Gasteiger partial charge on any atom is -0.488 e. The van der Waals surface area contributed by atoms with Crippen molar-refractivity contribution in [2.24, 2.45) is 11.0 Å². The van der Waals surface area contributed by atoms with Gasteiger partial charge in [-0.25, -0.2) is 5.43 Å². The topological polar surface area (TPSA) is 50.7 Å². The Morgan fingerprint density at radius 2 is 1.82 bits per heavy atom. The molecule has 33 heavy (non-hydrogen) atoms. The lowest BCUT2D eigenvalue weighted by Gasteiger charge is -2.19. The third kappa shape index (κ3) is 6.11. The highest BCUT2D eigenvalue weighted by Gasteiger charge is 2.44. The lowest BCUT2D eigenvalue weighted by atomic mass is 9.86. The molecule has 1 saturated carbocycles. The number of halogens is 1. The summed E-state index contributed by atoms with van der Waals surface area (Å²) in [6.07, 6.45) is 2.50. The number of ether oxygens (including phenoxy) is 1. The van der Waals surface area contributed by atoms with Crippen molar-refractivity contribution in [1.29, 1.82) is 0 Å². The van der Waals surface area contributed by atoms with E-state index in [1.807, 2.05) is 48.5 Å². The monoisotopic (exact) mass is 504 g/mol. The summed E-state index contributed by atoms with van der Waals surface area (Å²) in [5.41, 5.74) is 7.24. The maximum atomic E-state index is 12.6. The lowest BCUT2D eigenvalue weighted by Crippen LogP contribution is -2.20. The number of benzene rings is 3. The van der Waals surface area contributed by atoms with Crippen LogP contribution in [0.25, 0.3) is 0 Å². The van der Waals surface area contributed by atoms with Gasteiger partial charge < -0.3 is 4.74 Å². The second-order valence-electron chi connectivity index (χ2n) is 9.51. The smallest absolute Gasteiger partial charge is 0.243 e. The van der Waals surface area contributed by atoms with Crippen molar-refractivity contribution in [3.63, 3.8) is 0 Å². The third-order valence-electron chi connectivity index (χ3n) is 5.92. The van der Waals surface area contributed by atoms with Gasteiger partial charge in [0.2, 0.25) is 5.91 Å². The number of amides is 1. The van der Waals surface area contributed by atoms with E-state index in [4.69, 9.17) is 4.74 Å². The molecule has 0 aliphatic heterocycles. The predicted octanol–water partition coefficient (Wildman–Crippen LogP) is 6.58. The van der Waals surface area contributed by atoms with Crippen LogP contribution < -0.4 is 10.2 Å². The normalized spacial score (nSPS) is 17.7. The molecule has 1 amide bonds. The van der Waals surface area contributed by atoms with Crippen LogP contribution in [-0.4, -0.2) is 12.1 Å². The first-order valence-corrected chi connectivity index (χ1v) is 12.0. The van der Waals surface area contributed by atoms with E-state index in [0.717, 1.165) is 22.0 Å². The quantitative estimate of drug-likeness (QED) is 0.291. The molecule has 0 aromatic heterocycles. The molecular weight excluding hydrogens is 476 g/mol. The van der Waals surface area contributed by atoms with E-state index in [-0.39, 0.29) is 23.2 Å². The summed E-state index contributed by atoms with van der Waals surface area (Å²) in [5.74, 6) is 0.907. The van der Waals surface area contributed by atoms with Crippen molar-refractivity contribution in [1.82, 2.24) is 5.43 Å². The number of carbonyl (C=O) groups excluding carboxylic acids is 1. The Bertz CT molecular complexity index is 1130. The number of nitrogens with one attached hydrogen (secondary N) is 1. The average Bonchev–Trinajstić information content (AvgIpc) is 3.60. The number of hydrogen-bond donors (Lipinski definition) is 1. The van der Waals surface area contributed by atoms with Gasteiger partial charge in [0.1, 0.15) is 12.4 Å². The van der Waals surface area contributed by atoms with Crippen molar-refractivity contribution >= 4 is 28.1 Å². The number of rotatable bonds is 7. The molecule has 2 atom stereocenters. The van der Waals surface area contributed by atoms with E-state index in [1.165, 1.54) is 11.1 Å². The summed E-state index contributed by atoms with van der Waals surface area (Å²) >= 11 is 3.49. The molecule has 2 unspecified atom stereocenters. The Hall–Kier alpha value is -2.92. The van der Waals surface area contributed by atoms with Crippen LogP contribution >= 0.6 is 15.9 Å². The van der Waals surface area contributed by atoms with Crippen LogP contribution in [0, 0.1) is 5.92 Å². The molecule has 1 N–H and O–H groups in total. The van der Waals surface area contributed by atoms with E-state index in [1.54, 1.807) is 6.21 Å². The molecule has 0 saturated heterocycles. The second kappa shape index (κ2) is 9.92. The molecule has 4 rings (SSSR count). The van der Waals surface area contributed by atoms with Crippen molar-refractivity contribution < 1.29 is 9.53 Å². The van der Waals surface area contributed by atoms with E-state index in [2.05, 4.69) is 71.5 Å². The zero-order valence-electron chi connectivity index (χ0n) is 19.2. The second-order valence-corrected chi connectivity index (χ2v) is 10.4. The first kappa shape index (κ1) is 23.2. The van der Waals surface area contributed by atoms with Gasteiger partial charge in [0.15, 0.2) is 0 Å². The maximum absolute atomic E-state index is 12.6. The van der Waals surface area contributed by atoms with Crippen LogP contribution in [0.5, 0.6) is 5.75 Å². The fraction of sp³-hybridized carbons (Fsp3) is 0.286. The molecule has 0 heterocycles. The Morgan fingerprint density at radius 1 is 1.09 bits per heavy atom. The van der Waals surface area contributed by atoms with Crippen LogP contribution in [0.4, 0.5) is 0 Å². The molecule has 170 valence electrons. The number of hydrazone groups is 1. The molecule has 1 aliphatic carbocycles. The summed E-state index contributed by atoms with van der Waals surface area (Å²) in [7, 11) is 0. The molecule has 0 spiro atoms. The third-order valence-corrected chi connectivity index (χ3v) is 6.41. The number of hydrogen-bond acceptors (Lipinski definition) is 3. The maximum Gasteiger partial charge on any atom is 0.243 e. The van der Waals surface area contributed by atoms with Gasteiger partial charge in [-0.1, -0.05) is 91.3 Å². The van der Waals surface area contributed by atoms with Crippen LogP contribution in [0.3, 0.4) is 0 Å². The van der Waals surface area contributed by atoms with Gasteiger partial charge in [-0.3, -0.25) is 4.79 Å². The van der Waals surface area contributed by atoms with Gasteiger partial charge >= 0.3 is 0 Å². The average molecular weight is 505 g/mol. The molecular formula is C28H29BrN2O2. The van der Waals surface area contributed by atoms with Crippen molar-refractivity contribution in [3.8, 4) is 5.75 Å². The molecule has 1 aliphatic rings. The highest BCUT2D eigenvalue weighted by Crippen LogP contribution is 2.47. The van der Waals surface area contributed by atoms with E-state index >= 15 is 0 Å². The van der Waals surface area contributed by atoms with Gasteiger partial charge in [-0.15, -0.1) is 0 Å². The van der Waals surface area contributed by atoms with Crippen LogP contribution in [-0.2, 0) is 16.8 Å². The first-order chi connectivity index (χ1) is 15.8. The zero-order valence-corrected chi connectivity index (χ0v) is 20.8. The van der Waals surface area contributed by atoms with Crippen LogP contribution in [0.2, 0.25) is 0 Å². The zero-order chi connectivity index (χ0) is 23.4. The van der Waals surface area contributed by atoms with E-state index < -0.39 is 0 Å². The van der Waals surface area contributed by atoms with E-state index in [9.17, 15) is 4.79 Å². The van der Waals surface area contributed by atoms with Crippen molar-refractivity contribution in [3.05, 3.63) is 99.5 Å². The minimum atomic E-state index is -0.0436. The Morgan fingerprint density at radius 3 is 2.52 bits per heavy atom. The number of nitrogens with zero attached hydrogens (tertiary/aromatic N) is 1. The SMILES string of the molecule is CC(C)(C)c1ccc(C2CC2C(=O)N/N=C\c2cc(Br)ccc2OCc2ccccc2)cc1. The predicted molar refractivity (Wildman–Crippen MR) is 137 cm³/mol. The van der Waals surface area contributed by atoms with Crippen molar-refractivity contribution in [2.45, 2.75) is 45.1 Å². The highest BCUT2D eigenvalue weighted by molar-refractivity contribution is 9.10. The lowest BCUT2D eigenvalue weighted by molar-refractivity contribution is -0.122. The standard InChI is InChI=1S/C28H29BrN2O2/c1-28(2,3)22-11-9-20(10-12-22)24-16-25(24)27(32)31-30-17-21-15-23(29)13-14-26(21)33-18-19-7-5-4-6-8-19/h4-15,17,24-25H,16,18H2,1-3H3,(H,31,32)/b30-17-. The van der Waals surface area contributed by atoms with Gasteiger partial charge in [-0.05, 0) is 52.6 Å². The Balaban J connectivity index is 1.34. The minimum absolute atomic E-state index is 0.0288. The Kier molecular flexibility index (Phi) is 6.99. The summed E-state index contributed by atoms with van der Waals surface area (Å²) < 4.78 is 6.90. The fourth-order valence-corrected chi connectivity index (χ4v) is 4.20. The summed E-state index contributed by atoms with van der Waals surface area (Å²) in [6.45, 7) is 7.08. The van der Waals surface area contributed by atoms with E-state index in [0.29, 0.717) is 12.4 Å². The fourth-order valence-electron chi connectivity index (χ4n) is 3.82. The highest BCUT2D eigenvalue weighted by atomic mass is 79.9. The van der Waals surface area contributed by atoms with Crippen molar-refractivity contribution in [2.75, 3.05) is 0 Å². The van der Waals surface area contributed by atoms with Gasteiger partial charge in [0.05, 0.1) is 6.21 Å². The largest absolute Gasteiger partial charge is 0.488 e. The molecule has 3 aromatic carbocycles. The van der Waals surface area contributed by atoms with Gasteiger partial charge in [-0.2, -0.15) is 5.10 Å². The molecule has 4 nitrogen and oxygen atoms in total. The first-order valence-electron chi connectivity index (χ1n) is 11.2. The number of carbonyl (C=O) groups is 1. The van der Waals surface area contributed by atoms with Gasteiger partial charge in [0, 0.05) is 16.0 Å². The Labute approximate surface area is 204 Å². The van der Waals surface area contributed by atoms with Crippen LogP contribution in [0.15, 0.2) is 82.4 Å².